The number of halogens is 9. The van der Waals surface area contributed by atoms with E-state index in [1.807, 2.05) is 0 Å². The molecule has 112 valence electrons. The van der Waals surface area contributed by atoms with Crippen LogP contribution in [-0.4, -0.2) is 18.0 Å². The van der Waals surface area contributed by atoms with Crippen LogP contribution in [0, 0.1) is 23.3 Å². The number of amides is 1. The van der Waals surface area contributed by atoms with Crippen molar-refractivity contribution in [2.75, 3.05) is 5.32 Å². The molecule has 1 amide bonds. The van der Waals surface area contributed by atoms with E-state index in [0.717, 1.165) is 0 Å². The van der Waals surface area contributed by atoms with Gasteiger partial charge in [-0.15, -0.1) is 0 Å². The summed E-state index contributed by atoms with van der Waals surface area (Å²) in [6.45, 7) is 0. The number of anilines is 1. The van der Waals surface area contributed by atoms with Crippen molar-refractivity contribution in [3.05, 3.63) is 29.3 Å². The molecule has 20 heavy (non-hydrogen) atoms. The van der Waals surface area contributed by atoms with Crippen molar-refractivity contribution in [2.45, 2.75) is 12.1 Å². The van der Waals surface area contributed by atoms with Crippen LogP contribution in [0.15, 0.2) is 6.07 Å². The lowest BCUT2D eigenvalue weighted by molar-refractivity contribution is -0.267. The van der Waals surface area contributed by atoms with Crippen molar-refractivity contribution in [2.24, 2.45) is 0 Å². The first-order valence-electron chi connectivity index (χ1n) is 4.48. The van der Waals surface area contributed by atoms with Gasteiger partial charge in [0.2, 0.25) is 0 Å². The molecule has 0 saturated heterocycles. The summed E-state index contributed by atoms with van der Waals surface area (Å²) in [5.41, 5.74) is -1.70. The summed E-state index contributed by atoms with van der Waals surface area (Å²) >= 11 is 0. The SMILES string of the molecule is O=C(Nc1cc(F)c(F)c(F)c1F)C(F)(F)C(F)(F)F. The number of carbonyl (C=O) groups is 1. The van der Waals surface area contributed by atoms with Crippen LogP contribution in [0.4, 0.5) is 45.2 Å². The smallest absolute Gasteiger partial charge is 0.318 e. The molecule has 1 N–H and O–H groups in total. The largest absolute Gasteiger partial charge is 0.463 e. The van der Waals surface area contributed by atoms with Crippen LogP contribution in [0.3, 0.4) is 0 Å². The van der Waals surface area contributed by atoms with Gasteiger partial charge in [0.15, 0.2) is 23.3 Å². The summed E-state index contributed by atoms with van der Waals surface area (Å²) < 4.78 is 111. The molecule has 0 unspecified atom stereocenters. The molecule has 2 nitrogen and oxygen atoms in total. The van der Waals surface area contributed by atoms with Crippen molar-refractivity contribution in [1.29, 1.82) is 0 Å². The zero-order valence-electron chi connectivity index (χ0n) is 8.89. The Morgan fingerprint density at radius 1 is 0.900 bits per heavy atom. The number of alkyl halides is 5. The van der Waals surface area contributed by atoms with Gasteiger partial charge in [0.05, 0.1) is 5.69 Å². The molecule has 0 aliphatic rings. The lowest BCUT2D eigenvalue weighted by Crippen LogP contribution is -2.47. The average Bonchev–Trinajstić information content (AvgIpc) is 2.31. The number of benzene rings is 1. The average molecular weight is 311 g/mol. The quantitative estimate of drug-likeness (QED) is 0.506. The van der Waals surface area contributed by atoms with Gasteiger partial charge in [-0.05, 0) is 0 Å². The van der Waals surface area contributed by atoms with Gasteiger partial charge >= 0.3 is 18.0 Å². The minimum absolute atomic E-state index is 0.280. The van der Waals surface area contributed by atoms with Gasteiger partial charge in [-0.1, -0.05) is 0 Å². The lowest BCUT2D eigenvalue weighted by atomic mass is 10.2. The van der Waals surface area contributed by atoms with Crippen LogP contribution >= 0.6 is 0 Å². The molecule has 1 aromatic rings. The molecule has 0 aliphatic heterocycles. The predicted molar refractivity (Wildman–Crippen MR) is 45.9 cm³/mol. The fourth-order valence-corrected chi connectivity index (χ4v) is 0.993. The van der Waals surface area contributed by atoms with Gasteiger partial charge in [-0.2, -0.15) is 22.0 Å². The van der Waals surface area contributed by atoms with Crippen molar-refractivity contribution < 1.29 is 44.3 Å². The highest BCUT2D eigenvalue weighted by Crippen LogP contribution is 2.36. The number of hydrogen-bond donors (Lipinski definition) is 1. The number of nitrogens with one attached hydrogen (secondary N) is 1. The van der Waals surface area contributed by atoms with E-state index < -0.39 is 47.0 Å². The summed E-state index contributed by atoms with van der Waals surface area (Å²) in [6, 6.07) is -0.280. The second-order valence-corrected chi connectivity index (χ2v) is 3.37. The van der Waals surface area contributed by atoms with Crippen molar-refractivity contribution in [3.63, 3.8) is 0 Å². The van der Waals surface area contributed by atoms with E-state index in [1.165, 1.54) is 0 Å². The first-order valence-corrected chi connectivity index (χ1v) is 4.48. The van der Waals surface area contributed by atoms with Gasteiger partial charge in [-0.25, -0.2) is 17.6 Å². The minimum Gasteiger partial charge on any atom is -0.318 e. The fourth-order valence-electron chi connectivity index (χ4n) is 0.993. The van der Waals surface area contributed by atoms with E-state index in [4.69, 9.17) is 0 Å². The van der Waals surface area contributed by atoms with Crippen LogP contribution in [0.5, 0.6) is 0 Å². The Balaban J connectivity index is 3.16. The Hall–Kier alpha value is -1.94. The summed E-state index contributed by atoms with van der Waals surface area (Å²) in [5.74, 6) is -18.2. The van der Waals surface area contributed by atoms with Gasteiger partial charge in [0.1, 0.15) is 0 Å². The highest BCUT2D eigenvalue weighted by Gasteiger charge is 2.63. The molecular weight excluding hydrogens is 309 g/mol. The fraction of sp³-hybridized carbons (Fsp3) is 0.222. The van der Waals surface area contributed by atoms with Crippen LogP contribution in [0.25, 0.3) is 0 Å². The maximum Gasteiger partial charge on any atom is 0.463 e. The summed E-state index contributed by atoms with van der Waals surface area (Å²) in [5, 5.41) is 0.635. The highest BCUT2D eigenvalue weighted by atomic mass is 19.4. The van der Waals surface area contributed by atoms with E-state index in [1.54, 1.807) is 0 Å². The lowest BCUT2D eigenvalue weighted by Gasteiger charge is -2.18. The zero-order valence-corrected chi connectivity index (χ0v) is 8.89. The molecular formula is C9H2F9NO. The van der Waals surface area contributed by atoms with E-state index in [9.17, 15) is 44.3 Å². The monoisotopic (exact) mass is 311 g/mol. The highest BCUT2D eigenvalue weighted by molar-refractivity contribution is 5.96. The molecule has 1 rings (SSSR count). The van der Waals surface area contributed by atoms with Crippen LogP contribution < -0.4 is 5.32 Å². The van der Waals surface area contributed by atoms with Crippen molar-refractivity contribution >= 4 is 11.6 Å². The summed E-state index contributed by atoms with van der Waals surface area (Å²) in [7, 11) is 0. The molecule has 0 atom stereocenters. The molecule has 0 aromatic heterocycles. The predicted octanol–water partition coefficient (Wildman–Crippen LogP) is 3.38. The second kappa shape index (κ2) is 4.87. The Kier molecular flexibility index (Phi) is 3.92. The Labute approximate surface area is 104 Å². The van der Waals surface area contributed by atoms with Crippen LogP contribution in [0.2, 0.25) is 0 Å². The van der Waals surface area contributed by atoms with Gasteiger partial charge in [0.25, 0.3) is 0 Å². The van der Waals surface area contributed by atoms with E-state index in [-0.39, 0.29) is 6.07 Å². The summed E-state index contributed by atoms with van der Waals surface area (Å²) in [4.78, 5) is 10.7. The van der Waals surface area contributed by atoms with Gasteiger partial charge in [-0.3, -0.25) is 4.79 Å². The van der Waals surface area contributed by atoms with E-state index in [2.05, 4.69) is 0 Å². The van der Waals surface area contributed by atoms with E-state index in [0.29, 0.717) is 5.32 Å². The Bertz CT molecular complexity index is 551. The number of hydrogen-bond acceptors (Lipinski definition) is 1. The zero-order chi connectivity index (χ0) is 15.9. The Morgan fingerprint density at radius 3 is 1.85 bits per heavy atom. The normalized spacial score (nSPS) is 12.4. The first kappa shape index (κ1) is 16.1. The maximum atomic E-state index is 13.0. The van der Waals surface area contributed by atoms with E-state index >= 15 is 0 Å². The molecule has 11 heteroatoms. The minimum atomic E-state index is -6.30. The topological polar surface area (TPSA) is 29.1 Å². The molecule has 0 bridgehead atoms. The summed E-state index contributed by atoms with van der Waals surface area (Å²) in [6.07, 6.45) is -6.30. The third-order valence-corrected chi connectivity index (χ3v) is 1.99. The third kappa shape index (κ3) is 2.65. The second-order valence-electron chi connectivity index (χ2n) is 3.37. The molecule has 0 saturated carbocycles. The van der Waals surface area contributed by atoms with Crippen LogP contribution in [0.1, 0.15) is 0 Å². The standard InChI is InChI=1S/C9H2F9NO/c10-2-1-3(5(12)6(13)4(2)11)19-7(20)8(14,15)9(16,17)18/h1H,(H,19,20). The molecule has 0 aliphatic carbocycles. The molecule has 0 fully saturated rings. The van der Waals surface area contributed by atoms with Crippen molar-refractivity contribution in [1.82, 2.24) is 0 Å². The Morgan fingerprint density at radius 2 is 1.40 bits per heavy atom. The third-order valence-electron chi connectivity index (χ3n) is 1.99. The van der Waals surface area contributed by atoms with Gasteiger partial charge < -0.3 is 5.32 Å². The van der Waals surface area contributed by atoms with Crippen molar-refractivity contribution in [3.8, 4) is 0 Å². The number of carbonyl (C=O) groups excluding carboxylic acids is 1. The molecule has 0 heterocycles. The molecule has 0 radical (unpaired) electrons. The maximum absolute atomic E-state index is 13.0. The number of rotatable bonds is 2. The first-order chi connectivity index (χ1) is 8.89. The van der Waals surface area contributed by atoms with Gasteiger partial charge in [0, 0.05) is 6.07 Å². The molecule has 1 aromatic carbocycles. The molecule has 0 spiro atoms. The van der Waals surface area contributed by atoms with Crippen LogP contribution in [-0.2, 0) is 4.79 Å².